The lowest BCUT2D eigenvalue weighted by Gasteiger charge is -2.07. The number of halogens is 1. The topological polar surface area (TPSA) is 56.2 Å². The fraction of sp³-hybridized carbons (Fsp3) is 0.294. The molecule has 130 valence electrons. The van der Waals surface area contributed by atoms with E-state index in [0.717, 1.165) is 34.4 Å². The van der Waals surface area contributed by atoms with Crippen molar-refractivity contribution in [1.82, 2.24) is 9.78 Å². The maximum atomic E-state index is 12.8. The molecule has 3 aromatic heterocycles. The first kappa shape index (κ1) is 16.8. The van der Waals surface area contributed by atoms with Crippen LogP contribution in [0, 0.1) is 0 Å². The second kappa shape index (κ2) is 7.29. The van der Waals surface area contributed by atoms with Crippen LogP contribution in [0.1, 0.15) is 39.9 Å². The zero-order valence-electron chi connectivity index (χ0n) is 13.3. The van der Waals surface area contributed by atoms with Crippen molar-refractivity contribution in [2.24, 2.45) is 0 Å². The number of ether oxygens (including phenoxy) is 1. The summed E-state index contributed by atoms with van der Waals surface area (Å²) in [5.74, 6) is 0.531. The van der Waals surface area contributed by atoms with Crippen LogP contribution >= 0.6 is 34.3 Å². The van der Waals surface area contributed by atoms with Crippen molar-refractivity contribution in [3.8, 4) is 0 Å². The van der Waals surface area contributed by atoms with Crippen LogP contribution in [0.4, 0.5) is 5.82 Å². The number of carbonyl (C=O) groups excluding carboxylic acids is 1. The minimum Gasteiger partial charge on any atom is -0.372 e. The Balaban J connectivity index is 1.61. The molecule has 1 fully saturated rings. The van der Waals surface area contributed by atoms with Crippen LogP contribution < -0.4 is 5.32 Å². The minimum absolute atomic E-state index is 0.0340. The molecule has 0 aliphatic carbocycles. The van der Waals surface area contributed by atoms with Crippen molar-refractivity contribution >= 4 is 46.0 Å². The predicted molar refractivity (Wildman–Crippen MR) is 101 cm³/mol. The molecule has 5 nitrogen and oxygen atoms in total. The molecule has 1 saturated heterocycles. The van der Waals surface area contributed by atoms with Crippen LogP contribution in [0.15, 0.2) is 35.0 Å². The van der Waals surface area contributed by atoms with E-state index in [9.17, 15) is 4.79 Å². The van der Waals surface area contributed by atoms with Crippen molar-refractivity contribution in [2.45, 2.75) is 25.5 Å². The standard InChI is InChI=1S/C17H16ClN3O2S2/c18-15-4-3-12(25-15)9-19-16-8-13(14-2-1-6-23-14)20-21(16)17(22)11-5-7-24-10-11/h3-5,7-8,10,14,19H,1-2,6,9H2. The monoisotopic (exact) mass is 393 g/mol. The lowest BCUT2D eigenvalue weighted by molar-refractivity contribution is 0.0935. The highest BCUT2D eigenvalue weighted by Gasteiger charge is 2.24. The Morgan fingerprint density at radius 3 is 3.04 bits per heavy atom. The van der Waals surface area contributed by atoms with Gasteiger partial charge < -0.3 is 10.1 Å². The van der Waals surface area contributed by atoms with Gasteiger partial charge in [-0.3, -0.25) is 4.79 Å². The summed E-state index contributed by atoms with van der Waals surface area (Å²) in [7, 11) is 0. The van der Waals surface area contributed by atoms with Gasteiger partial charge in [0.05, 0.1) is 22.1 Å². The lowest BCUT2D eigenvalue weighted by Crippen LogP contribution is -2.16. The lowest BCUT2D eigenvalue weighted by atomic mass is 10.2. The smallest absolute Gasteiger partial charge is 0.280 e. The van der Waals surface area contributed by atoms with Crippen molar-refractivity contribution in [3.05, 3.63) is 55.5 Å². The van der Waals surface area contributed by atoms with Gasteiger partial charge in [-0.2, -0.15) is 21.1 Å². The number of anilines is 1. The largest absolute Gasteiger partial charge is 0.372 e. The van der Waals surface area contributed by atoms with Gasteiger partial charge >= 0.3 is 0 Å². The van der Waals surface area contributed by atoms with Gasteiger partial charge in [-0.05, 0) is 36.4 Å². The summed E-state index contributed by atoms with van der Waals surface area (Å²) in [6.45, 7) is 1.33. The van der Waals surface area contributed by atoms with Gasteiger partial charge in [0.1, 0.15) is 11.9 Å². The molecule has 4 heterocycles. The first-order valence-electron chi connectivity index (χ1n) is 7.97. The van der Waals surface area contributed by atoms with E-state index in [1.807, 2.05) is 35.0 Å². The first-order chi connectivity index (χ1) is 12.2. The molecule has 0 amide bonds. The van der Waals surface area contributed by atoms with Gasteiger partial charge in [-0.1, -0.05) is 11.6 Å². The summed E-state index contributed by atoms with van der Waals surface area (Å²) in [5.41, 5.74) is 1.43. The van der Waals surface area contributed by atoms with E-state index in [-0.39, 0.29) is 12.0 Å². The highest BCUT2D eigenvalue weighted by molar-refractivity contribution is 7.16. The molecule has 0 spiro atoms. The Kier molecular flexibility index (Phi) is 4.89. The molecule has 0 bridgehead atoms. The molecular weight excluding hydrogens is 378 g/mol. The Hall–Kier alpha value is -1.67. The molecule has 3 aromatic rings. The van der Waals surface area contributed by atoms with E-state index in [2.05, 4.69) is 10.4 Å². The van der Waals surface area contributed by atoms with Crippen molar-refractivity contribution in [1.29, 1.82) is 0 Å². The molecule has 25 heavy (non-hydrogen) atoms. The fourth-order valence-corrected chi connectivity index (χ4v) is 4.44. The third-order valence-electron chi connectivity index (χ3n) is 4.02. The van der Waals surface area contributed by atoms with Crippen LogP contribution in [0.5, 0.6) is 0 Å². The maximum Gasteiger partial charge on any atom is 0.280 e. The number of nitrogens with one attached hydrogen (secondary N) is 1. The number of thiophene rings is 2. The summed E-state index contributed by atoms with van der Waals surface area (Å²) >= 11 is 9.00. The van der Waals surface area contributed by atoms with Crippen LogP contribution in [-0.2, 0) is 11.3 Å². The molecule has 0 aromatic carbocycles. The van der Waals surface area contributed by atoms with E-state index in [1.54, 1.807) is 0 Å². The van der Waals surface area contributed by atoms with Crippen molar-refractivity contribution in [3.63, 3.8) is 0 Å². The van der Waals surface area contributed by atoms with E-state index >= 15 is 0 Å². The Morgan fingerprint density at radius 2 is 2.36 bits per heavy atom. The number of hydrogen-bond acceptors (Lipinski definition) is 6. The average Bonchev–Trinajstić information content (AvgIpc) is 3.38. The average molecular weight is 394 g/mol. The molecular formula is C17H16ClN3O2S2. The summed E-state index contributed by atoms with van der Waals surface area (Å²) in [6, 6.07) is 7.57. The number of rotatable bonds is 5. The van der Waals surface area contributed by atoms with Gasteiger partial charge in [0.15, 0.2) is 0 Å². The zero-order valence-corrected chi connectivity index (χ0v) is 15.7. The number of aromatic nitrogens is 2. The van der Waals surface area contributed by atoms with Crippen molar-refractivity contribution < 1.29 is 9.53 Å². The van der Waals surface area contributed by atoms with Gasteiger partial charge in [0.2, 0.25) is 0 Å². The fourth-order valence-electron chi connectivity index (χ4n) is 2.78. The molecule has 0 radical (unpaired) electrons. The van der Waals surface area contributed by atoms with E-state index < -0.39 is 0 Å². The summed E-state index contributed by atoms with van der Waals surface area (Å²) in [4.78, 5) is 13.9. The van der Waals surface area contributed by atoms with E-state index in [1.165, 1.54) is 27.4 Å². The van der Waals surface area contributed by atoms with E-state index in [4.69, 9.17) is 16.3 Å². The summed E-state index contributed by atoms with van der Waals surface area (Å²) in [6.07, 6.45) is 1.92. The van der Waals surface area contributed by atoms with E-state index in [0.29, 0.717) is 17.9 Å². The minimum atomic E-state index is -0.141. The van der Waals surface area contributed by atoms with Crippen molar-refractivity contribution in [2.75, 3.05) is 11.9 Å². The number of nitrogens with zero attached hydrogens (tertiary/aromatic N) is 2. The molecule has 8 heteroatoms. The van der Waals surface area contributed by atoms with Crippen LogP contribution in [0.25, 0.3) is 0 Å². The highest BCUT2D eigenvalue weighted by Crippen LogP contribution is 2.30. The van der Waals surface area contributed by atoms with Crippen LogP contribution in [-0.4, -0.2) is 22.3 Å². The molecule has 1 N–H and O–H groups in total. The van der Waals surface area contributed by atoms with Gasteiger partial charge in [-0.25, -0.2) is 0 Å². The Labute approximate surface area is 158 Å². The normalized spacial score (nSPS) is 17.1. The first-order valence-corrected chi connectivity index (χ1v) is 10.1. The summed E-state index contributed by atoms with van der Waals surface area (Å²) < 4.78 is 7.90. The second-order valence-electron chi connectivity index (χ2n) is 5.74. The number of carbonyl (C=O) groups is 1. The molecule has 1 aliphatic rings. The molecule has 4 rings (SSSR count). The molecule has 0 saturated carbocycles. The Morgan fingerprint density at radius 1 is 1.44 bits per heavy atom. The van der Waals surface area contributed by atoms with Gasteiger partial charge in [-0.15, -0.1) is 11.3 Å². The Bertz CT molecular complexity index is 866. The van der Waals surface area contributed by atoms with Gasteiger partial charge in [0.25, 0.3) is 5.91 Å². The van der Waals surface area contributed by atoms with Crippen LogP contribution in [0.3, 0.4) is 0 Å². The molecule has 1 unspecified atom stereocenters. The maximum absolute atomic E-state index is 12.8. The number of hydrogen-bond donors (Lipinski definition) is 1. The quantitative estimate of drug-likeness (QED) is 0.675. The van der Waals surface area contributed by atoms with Crippen LogP contribution in [0.2, 0.25) is 4.34 Å². The SMILES string of the molecule is O=C(c1ccsc1)n1nc(C2CCCO2)cc1NCc1ccc(Cl)s1. The molecule has 1 aliphatic heterocycles. The summed E-state index contributed by atoms with van der Waals surface area (Å²) in [5, 5.41) is 11.6. The highest BCUT2D eigenvalue weighted by atomic mass is 35.5. The zero-order chi connectivity index (χ0) is 17.2. The predicted octanol–water partition coefficient (Wildman–Crippen LogP) is 4.81. The second-order valence-corrected chi connectivity index (χ2v) is 8.32. The third kappa shape index (κ3) is 3.64. The molecule has 1 atom stereocenters. The van der Waals surface area contributed by atoms with Gasteiger partial charge in [0, 0.05) is 22.9 Å². The third-order valence-corrected chi connectivity index (χ3v) is 5.94.